The maximum absolute atomic E-state index is 14.2. The highest BCUT2D eigenvalue weighted by molar-refractivity contribution is 5.81. The summed E-state index contributed by atoms with van der Waals surface area (Å²) < 4.78 is 14.2. The Balaban J connectivity index is 1.59. The van der Waals surface area contributed by atoms with Crippen LogP contribution in [0.25, 0.3) is 0 Å². The Morgan fingerprint density at radius 1 is 1.43 bits per heavy atom. The number of nitrogens with zero attached hydrogens (tertiary/aromatic N) is 1. The first-order chi connectivity index (χ1) is 10.1. The number of piperazine rings is 1. The van der Waals surface area contributed by atoms with Crippen molar-refractivity contribution < 1.29 is 9.18 Å². The second-order valence-corrected chi connectivity index (χ2v) is 6.06. The summed E-state index contributed by atoms with van der Waals surface area (Å²) >= 11 is 0. The molecule has 0 radical (unpaired) electrons. The van der Waals surface area contributed by atoms with E-state index in [4.69, 9.17) is 0 Å². The molecule has 0 spiro atoms. The van der Waals surface area contributed by atoms with Crippen LogP contribution >= 0.6 is 0 Å². The number of nitrogens with one attached hydrogen (secondary N) is 2. The van der Waals surface area contributed by atoms with Crippen LogP contribution in [0.15, 0.2) is 18.2 Å². The van der Waals surface area contributed by atoms with Crippen molar-refractivity contribution >= 4 is 11.6 Å². The number of amides is 1. The summed E-state index contributed by atoms with van der Waals surface area (Å²) in [6.07, 6.45) is 0.974. The van der Waals surface area contributed by atoms with Crippen LogP contribution in [0.1, 0.15) is 18.9 Å². The minimum atomic E-state index is -0.205. The summed E-state index contributed by atoms with van der Waals surface area (Å²) in [4.78, 5) is 13.8. The van der Waals surface area contributed by atoms with Gasteiger partial charge < -0.3 is 15.5 Å². The molecular weight excluding hydrogens is 269 g/mol. The van der Waals surface area contributed by atoms with Crippen LogP contribution < -0.4 is 15.5 Å². The van der Waals surface area contributed by atoms with E-state index in [1.807, 2.05) is 12.1 Å². The van der Waals surface area contributed by atoms with E-state index in [1.54, 1.807) is 0 Å². The van der Waals surface area contributed by atoms with Gasteiger partial charge in [0.2, 0.25) is 5.91 Å². The maximum atomic E-state index is 14.2. The van der Waals surface area contributed by atoms with Crippen LogP contribution in [0, 0.1) is 17.7 Å². The second kappa shape index (κ2) is 6.02. The van der Waals surface area contributed by atoms with Crippen molar-refractivity contribution in [2.45, 2.75) is 19.9 Å². The third-order valence-corrected chi connectivity index (χ3v) is 4.38. The molecule has 21 heavy (non-hydrogen) atoms. The van der Waals surface area contributed by atoms with E-state index in [0.717, 1.165) is 38.2 Å². The van der Waals surface area contributed by atoms with Crippen LogP contribution in [0.2, 0.25) is 0 Å². The Morgan fingerprint density at radius 2 is 2.14 bits per heavy atom. The lowest BCUT2D eigenvalue weighted by molar-refractivity contribution is -0.122. The molecule has 2 fully saturated rings. The highest BCUT2D eigenvalue weighted by Gasteiger charge is 2.38. The molecule has 0 unspecified atom stereocenters. The number of benzene rings is 1. The summed E-state index contributed by atoms with van der Waals surface area (Å²) in [6, 6.07) is 5.26. The minimum absolute atomic E-state index is 0.0917. The van der Waals surface area contributed by atoms with Gasteiger partial charge in [0.1, 0.15) is 5.82 Å². The van der Waals surface area contributed by atoms with E-state index in [2.05, 4.69) is 22.5 Å². The van der Waals surface area contributed by atoms with Gasteiger partial charge in [-0.2, -0.15) is 0 Å². The monoisotopic (exact) mass is 291 g/mol. The van der Waals surface area contributed by atoms with Crippen LogP contribution in [-0.2, 0) is 11.3 Å². The predicted octanol–water partition coefficient (Wildman–Crippen LogP) is 1.51. The third-order valence-electron chi connectivity index (χ3n) is 4.38. The average molecular weight is 291 g/mol. The quantitative estimate of drug-likeness (QED) is 0.884. The molecule has 0 bridgehead atoms. The number of anilines is 1. The van der Waals surface area contributed by atoms with Crippen molar-refractivity contribution in [3.8, 4) is 0 Å². The fourth-order valence-electron chi connectivity index (χ4n) is 2.83. The van der Waals surface area contributed by atoms with E-state index in [0.29, 0.717) is 18.2 Å². The SMILES string of the molecule is C[C@H]1C[C@@H]1C(=O)NCc1ccc(N2CCNCC2)c(F)c1. The molecule has 1 saturated carbocycles. The number of carbonyl (C=O) groups excluding carboxylic acids is 1. The van der Waals surface area contributed by atoms with Gasteiger partial charge in [0.05, 0.1) is 5.69 Å². The van der Waals surface area contributed by atoms with Gasteiger partial charge in [-0.25, -0.2) is 4.39 Å². The highest BCUT2D eigenvalue weighted by Crippen LogP contribution is 2.37. The lowest BCUT2D eigenvalue weighted by Gasteiger charge is -2.29. The minimum Gasteiger partial charge on any atom is -0.367 e. The molecule has 2 N–H and O–H groups in total. The molecular formula is C16H22FN3O. The molecule has 2 aliphatic rings. The van der Waals surface area contributed by atoms with Crippen molar-refractivity contribution in [3.63, 3.8) is 0 Å². The highest BCUT2D eigenvalue weighted by atomic mass is 19.1. The van der Waals surface area contributed by atoms with E-state index in [1.165, 1.54) is 6.07 Å². The first-order valence-corrected chi connectivity index (χ1v) is 7.67. The first kappa shape index (κ1) is 14.3. The van der Waals surface area contributed by atoms with Gasteiger partial charge in [-0.3, -0.25) is 4.79 Å². The molecule has 1 aromatic rings. The average Bonchev–Trinajstić information content (AvgIpc) is 3.23. The van der Waals surface area contributed by atoms with Crippen LogP contribution in [0.3, 0.4) is 0 Å². The Kier molecular flexibility index (Phi) is 4.10. The van der Waals surface area contributed by atoms with Crippen molar-refractivity contribution in [2.24, 2.45) is 11.8 Å². The van der Waals surface area contributed by atoms with Gasteiger partial charge in [-0.1, -0.05) is 13.0 Å². The normalized spacial score (nSPS) is 24.8. The van der Waals surface area contributed by atoms with E-state index in [-0.39, 0.29) is 17.6 Å². The molecule has 0 aromatic heterocycles. The summed E-state index contributed by atoms with van der Waals surface area (Å²) in [6.45, 7) is 5.90. The fourth-order valence-corrected chi connectivity index (χ4v) is 2.83. The van der Waals surface area contributed by atoms with E-state index >= 15 is 0 Å². The molecule has 1 saturated heterocycles. The number of hydrogen-bond acceptors (Lipinski definition) is 3. The second-order valence-electron chi connectivity index (χ2n) is 6.06. The van der Waals surface area contributed by atoms with Crippen LogP contribution in [-0.4, -0.2) is 32.1 Å². The molecule has 1 heterocycles. The van der Waals surface area contributed by atoms with Crippen molar-refractivity contribution in [1.82, 2.24) is 10.6 Å². The van der Waals surface area contributed by atoms with Crippen molar-refractivity contribution in [3.05, 3.63) is 29.6 Å². The molecule has 2 atom stereocenters. The zero-order chi connectivity index (χ0) is 14.8. The number of hydrogen-bond donors (Lipinski definition) is 2. The molecule has 114 valence electrons. The third kappa shape index (κ3) is 3.35. The Morgan fingerprint density at radius 3 is 2.76 bits per heavy atom. The molecule has 4 nitrogen and oxygen atoms in total. The molecule has 3 rings (SSSR count). The van der Waals surface area contributed by atoms with Crippen molar-refractivity contribution in [1.29, 1.82) is 0 Å². The molecule has 1 amide bonds. The van der Waals surface area contributed by atoms with E-state index in [9.17, 15) is 9.18 Å². The molecule has 1 aromatic carbocycles. The van der Waals surface area contributed by atoms with E-state index < -0.39 is 0 Å². The van der Waals surface area contributed by atoms with Gasteiger partial charge >= 0.3 is 0 Å². The van der Waals surface area contributed by atoms with Crippen LogP contribution in [0.5, 0.6) is 0 Å². The Bertz CT molecular complexity index is 528. The lowest BCUT2D eigenvalue weighted by atomic mass is 10.1. The number of halogens is 1. The number of carbonyl (C=O) groups is 1. The van der Waals surface area contributed by atoms with Gasteiger partial charge in [-0.15, -0.1) is 0 Å². The summed E-state index contributed by atoms with van der Waals surface area (Å²) in [5, 5.41) is 6.14. The predicted molar refractivity (Wildman–Crippen MR) is 80.6 cm³/mol. The van der Waals surface area contributed by atoms with Crippen molar-refractivity contribution in [2.75, 3.05) is 31.1 Å². The Hall–Kier alpha value is -1.62. The lowest BCUT2D eigenvalue weighted by Crippen LogP contribution is -2.43. The zero-order valence-corrected chi connectivity index (χ0v) is 12.4. The first-order valence-electron chi connectivity index (χ1n) is 7.67. The largest absolute Gasteiger partial charge is 0.367 e. The summed E-state index contributed by atoms with van der Waals surface area (Å²) in [7, 11) is 0. The summed E-state index contributed by atoms with van der Waals surface area (Å²) in [5.41, 5.74) is 1.47. The molecule has 1 aliphatic carbocycles. The standard InChI is InChI=1S/C16H22FN3O/c1-11-8-13(11)16(21)19-10-12-2-3-15(14(17)9-12)20-6-4-18-5-7-20/h2-3,9,11,13,18H,4-8,10H2,1H3,(H,19,21)/t11-,13-/m0/s1. The molecule has 5 heteroatoms. The topological polar surface area (TPSA) is 44.4 Å². The zero-order valence-electron chi connectivity index (χ0n) is 12.4. The smallest absolute Gasteiger partial charge is 0.223 e. The maximum Gasteiger partial charge on any atom is 0.223 e. The van der Waals surface area contributed by atoms with Gasteiger partial charge in [-0.05, 0) is 30.0 Å². The van der Waals surface area contributed by atoms with Gasteiger partial charge in [0, 0.05) is 38.6 Å². The fraction of sp³-hybridized carbons (Fsp3) is 0.562. The van der Waals surface area contributed by atoms with Gasteiger partial charge in [0.15, 0.2) is 0 Å². The number of rotatable bonds is 4. The Labute approximate surface area is 124 Å². The van der Waals surface area contributed by atoms with Gasteiger partial charge in [0.25, 0.3) is 0 Å². The van der Waals surface area contributed by atoms with Crippen LogP contribution in [0.4, 0.5) is 10.1 Å². The molecule has 1 aliphatic heterocycles. The summed E-state index contributed by atoms with van der Waals surface area (Å²) in [5.74, 6) is 0.546.